The maximum Gasteiger partial charge on any atom is 0.317 e. The number of benzene rings is 1. The summed E-state index contributed by atoms with van der Waals surface area (Å²) < 4.78 is 27.3. The van der Waals surface area contributed by atoms with E-state index in [0.717, 1.165) is 43.1 Å². The molecule has 0 unspecified atom stereocenters. The fraction of sp³-hybridized carbons (Fsp3) is 0.682. The maximum absolute atomic E-state index is 13.9. The van der Waals surface area contributed by atoms with Crippen LogP contribution in [0.1, 0.15) is 44.1 Å². The molecular formula is C22H29F2N3O. The van der Waals surface area contributed by atoms with E-state index >= 15 is 0 Å². The summed E-state index contributed by atoms with van der Waals surface area (Å²) in [6, 6.07) is 4.39. The van der Waals surface area contributed by atoms with E-state index in [1.807, 2.05) is 4.90 Å². The number of hydrogen-bond acceptors (Lipinski definition) is 2. The molecule has 1 aromatic rings. The fourth-order valence-electron chi connectivity index (χ4n) is 6.59. The Balaban J connectivity index is 1.16. The molecule has 1 heterocycles. The van der Waals surface area contributed by atoms with Gasteiger partial charge in [-0.2, -0.15) is 0 Å². The molecule has 4 aliphatic carbocycles. The molecular weight excluding hydrogens is 360 g/mol. The van der Waals surface area contributed by atoms with Crippen molar-refractivity contribution in [1.29, 1.82) is 0 Å². The van der Waals surface area contributed by atoms with Crippen LogP contribution in [0.15, 0.2) is 18.2 Å². The Morgan fingerprint density at radius 1 is 1.00 bits per heavy atom. The lowest BCUT2D eigenvalue weighted by Gasteiger charge is -2.57. The van der Waals surface area contributed by atoms with Crippen molar-refractivity contribution in [3.8, 4) is 0 Å². The van der Waals surface area contributed by atoms with Crippen molar-refractivity contribution in [3.63, 3.8) is 0 Å². The predicted molar refractivity (Wildman–Crippen MR) is 103 cm³/mol. The molecule has 5 fully saturated rings. The van der Waals surface area contributed by atoms with Gasteiger partial charge < -0.3 is 10.2 Å². The number of hydrogen-bond donors (Lipinski definition) is 1. The number of amides is 2. The van der Waals surface area contributed by atoms with Crippen LogP contribution in [0.25, 0.3) is 0 Å². The highest BCUT2D eigenvalue weighted by molar-refractivity contribution is 5.75. The Morgan fingerprint density at radius 3 is 2.21 bits per heavy atom. The first kappa shape index (κ1) is 18.3. The van der Waals surface area contributed by atoms with Crippen LogP contribution in [0.2, 0.25) is 0 Å². The third-order valence-electron chi connectivity index (χ3n) is 7.50. The normalized spacial score (nSPS) is 34.6. The van der Waals surface area contributed by atoms with Gasteiger partial charge in [-0.1, -0.05) is 12.1 Å². The Bertz CT molecular complexity index is 725. The van der Waals surface area contributed by atoms with Gasteiger partial charge in [-0.25, -0.2) is 13.6 Å². The average molecular weight is 389 g/mol. The quantitative estimate of drug-likeness (QED) is 0.854. The molecule has 0 atom stereocenters. The van der Waals surface area contributed by atoms with Crippen LogP contribution in [0.4, 0.5) is 13.6 Å². The molecule has 4 bridgehead atoms. The summed E-state index contributed by atoms with van der Waals surface area (Å²) in [6.07, 6.45) is 7.57. The van der Waals surface area contributed by atoms with Gasteiger partial charge in [-0.3, -0.25) is 4.90 Å². The van der Waals surface area contributed by atoms with Crippen molar-refractivity contribution >= 4 is 6.03 Å². The number of rotatable bonds is 3. The number of carbonyl (C=O) groups is 1. The lowest BCUT2D eigenvalue weighted by atomic mass is 9.53. The van der Waals surface area contributed by atoms with E-state index in [2.05, 4.69) is 10.2 Å². The van der Waals surface area contributed by atoms with E-state index in [-0.39, 0.29) is 11.6 Å². The van der Waals surface area contributed by atoms with E-state index in [9.17, 15) is 13.6 Å². The summed E-state index contributed by atoms with van der Waals surface area (Å²) >= 11 is 0. The van der Waals surface area contributed by atoms with Crippen molar-refractivity contribution in [3.05, 3.63) is 35.4 Å². The highest BCUT2D eigenvalue weighted by Crippen LogP contribution is 2.55. The van der Waals surface area contributed by atoms with Crippen LogP contribution in [0.3, 0.4) is 0 Å². The molecule has 4 nitrogen and oxygen atoms in total. The van der Waals surface area contributed by atoms with Crippen LogP contribution in [-0.2, 0) is 6.54 Å². The Labute approximate surface area is 165 Å². The van der Waals surface area contributed by atoms with Gasteiger partial charge in [0.2, 0.25) is 0 Å². The van der Waals surface area contributed by atoms with Gasteiger partial charge in [0.05, 0.1) is 0 Å². The third-order valence-corrected chi connectivity index (χ3v) is 7.50. The average Bonchev–Trinajstić information content (AvgIpc) is 2.64. The van der Waals surface area contributed by atoms with Crippen molar-refractivity contribution < 1.29 is 13.6 Å². The summed E-state index contributed by atoms with van der Waals surface area (Å²) in [5, 5.41) is 3.43. The molecule has 2 amide bonds. The molecule has 0 aromatic heterocycles. The highest BCUT2D eigenvalue weighted by atomic mass is 19.2. The monoisotopic (exact) mass is 389 g/mol. The minimum absolute atomic E-state index is 0.0354. The Hall–Kier alpha value is -1.69. The number of halogens is 2. The van der Waals surface area contributed by atoms with Gasteiger partial charge in [0, 0.05) is 43.8 Å². The minimum Gasteiger partial charge on any atom is -0.333 e. The van der Waals surface area contributed by atoms with Crippen LogP contribution >= 0.6 is 0 Å². The number of carbonyl (C=O) groups excluding carboxylic acids is 1. The van der Waals surface area contributed by atoms with Crippen molar-refractivity contribution in [2.45, 2.75) is 50.6 Å². The van der Waals surface area contributed by atoms with Crippen molar-refractivity contribution in [2.75, 3.05) is 26.2 Å². The lowest BCUT2D eigenvalue weighted by Crippen LogP contribution is -2.63. The van der Waals surface area contributed by atoms with Crippen LogP contribution in [0.5, 0.6) is 0 Å². The molecule has 6 rings (SSSR count). The van der Waals surface area contributed by atoms with Gasteiger partial charge in [-0.15, -0.1) is 0 Å². The molecule has 1 saturated heterocycles. The van der Waals surface area contributed by atoms with Crippen LogP contribution < -0.4 is 5.32 Å². The molecule has 6 heteroatoms. The van der Waals surface area contributed by atoms with Crippen LogP contribution in [-0.4, -0.2) is 47.5 Å². The summed E-state index contributed by atoms with van der Waals surface area (Å²) in [7, 11) is 0. The minimum atomic E-state index is -0.800. The predicted octanol–water partition coefficient (Wildman–Crippen LogP) is 3.76. The zero-order valence-electron chi connectivity index (χ0n) is 16.3. The second kappa shape index (κ2) is 6.97. The van der Waals surface area contributed by atoms with E-state index in [1.165, 1.54) is 19.3 Å². The second-order valence-corrected chi connectivity index (χ2v) is 9.60. The molecule has 1 N–H and O–H groups in total. The molecule has 28 heavy (non-hydrogen) atoms. The molecule has 1 aliphatic heterocycles. The third kappa shape index (κ3) is 3.40. The molecule has 0 radical (unpaired) electrons. The zero-order chi connectivity index (χ0) is 19.3. The Morgan fingerprint density at radius 2 is 1.61 bits per heavy atom. The first-order chi connectivity index (χ1) is 13.5. The first-order valence-corrected chi connectivity index (χ1v) is 10.7. The zero-order valence-corrected chi connectivity index (χ0v) is 16.3. The smallest absolute Gasteiger partial charge is 0.317 e. The van der Waals surface area contributed by atoms with Crippen LogP contribution in [0, 0.1) is 29.4 Å². The van der Waals surface area contributed by atoms with Gasteiger partial charge in [0.1, 0.15) is 0 Å². The fourth-order valence-corrected chi connectivity index (χ4v) is 6.59. The van der Waals surface area contributed by atoms with Crippen molar-refractivity contribution in [2.24, 2.45) is 17.8 Å². The van der Waals surface area contributed by atoms with E-state index in [4.69, 9.17) is 0 Å². The van der Waals surface area contributed by atoms with Crippen molar-refractivity contribution in [1.82, 2.24) is 15.1 Å². The SMILES string of the molecule is O=C(NC12CC3CC(CC(C3)C1)C2)N1CCN(Cc2cccc(F)c2F)CC1. The highest BCUT2D eigenvalue weighted by Gasteiger charge is 2.51. The molecule has 152 valence electrons. The topological polar surface area (TPSA) is 35.6 Å². The van der Waals surface area contributed by atoms with E-state index in [0.29, 0.717) is 38.3 Å². The molecule has 0 spiro atoms. The standard InChI is InChI=1S/C22H29F2N3O/c23-19-3-1-2-18(20(19)24)14-26-4-6-27(7-5-26)21(28)25-22-11-15-8-16(12-22)10-17(9-15)13-22/h1-3,15-17H,4-14H2,(H,25,28). The summed E-state index contributed by atoms with van der Waals surface area (Å²) in [5.74, 6) is 0.870. The van der Waals surface area contributed by atoms with Gasteiger partial charge in [0.25, 0.3) is 0 Å². The van der Waals surface area contributed by atoms with Gasteiger partial charge in [0.15, 0.2) is 11.6 Å². The van der Waals surface area contributed by atoms with Gasteiger partial charge >= 0.3 is 6.03 Å². The summed E-state index contributed by atoms with van der Waals surface area (Å²) in [4.78, 5) is 16.9. The van der Waals surface area contributed by atoms with Gasteiger partial charge in [-0.05, 0) is 62.3 Å². The molecule has 1 aromatic carbocycles. The number of nitrogens with zero attached hydrogens (tertiary/aromatic N) is 2. The lowest BCUT2D eigenvalue weighted by molar-refractivity contribution is -0.0165. The molecule has 5 aliphatic rings. The molecule has 4 saturated carbocycles. The maximum atomic E-state index is 13.9. The first-order valence-electron chi connectivity index (χ1n) is 10.7. The van der Waals surface area contributed by atoms with E-state index in [1.54, 1.807) is 12.1 Å². The number of nitrogens with one attached hydrogen (secondary N) is 1. The number of piperazine rings is 1. The largest absolute Gasteiger partial charge is 0.333 e. The summed E-state index contributed by atoms with van der Waals surface area (Å²) in [5.41, 5.74) is 0.416. The second-order valence-electron chi connectivity index (χ2n) is 9.60. The number of urea groups is 1. The summed E-state index contributed by atoms with van der Waals surface area (Å²) in [6.45, 7) is 3.02. The Kier molecular flexibility index (Phi) is 4.57. The van der Waals surface area contributed by atoms with E-state index < -0.39 is 11.6 Å².